The molecule has 0 saturated carbocycles. The van der Waals surface area contributed by atoms with Gasteiger partial charge in [-0.05, 0) is 61.0 Å². The number of halogens is 3. The molecule has 0 spiro atoms. The molecule has 2 aromatic heterocycles. The van der Waals surface area contributed by atoms with Gasteiger partial charge in [0.15, 0.2) is 11.6 Å². The van der Waals surface area contributed by atoms with E-state index in [1.54, 1.807) is 42.5 Å². The molecule has 41 heavy (non-hydrogen) atoms. The van der Waals surface area contributed by atoms with E-state index in [4.69, 9.17) is 19.9 Å². The van der Waals surface area contributed by atoms with E-state index in [2.05, 4.69) is 15.4 Å². The first kappa shape index (κ1) is 26.3. The quantitative estimate of drug-likeness (QED) is 0.194. The largest absolute Gasteiger partial charge is 0.454 e. The van der Waals surface area contributed by atoms with Crippen molar-refractivity contribution < 1.29 is 32.2 Å². The third-order valence-electron chi connectivity index (χ3n) is 6.69. The lowest BCUT2D eigenvalue weighted by atomic mass is 10.1. The van der Waals surface area contributed by atoms with Crippen LogP contribution in [-0.4, -0.2) is 46.4 Å². The van der Waals surface area contributed by atoms with E-state index >= 15 is 0 Å². The van der Waals surface area contributed by atoms with Gasteiger partial charge in [0, 0.05) is 10.9 Å². The summed E-state index contributed by atoms with van der Waals surface area (Å²) in [6, 6.07) is 15.7. The van der Waals surface area contributed by atoms with Gasteiger partial charge in [-0.25, -0.2) is 9.07 Å². The minimum absolute atomic E-state index is 0.0298. The van der Waals surface area contributed by atoms with Gasteiger partial charge in [-0.1, -0.05) is 12.1 Å². The standard InChI is InChI=1S/C29H24F3N5O4/c1-15-8-18(40-25-5-3-2-4-20(25)30)6-7-24(15)37-28(33)19(12-34-37)27(38)23-9-16-10-26(41-29(31)32)22(11-21(16)36-23)35-17-13-39-14-17/h2-12,17,29,35-36H,13-14,33H2,1H3. The summed E-state index contributed by atoms with van der Waals surface area (Å²) >= 11 is 0. The number of nitrogens with zero attached hydrogens (tertiary/aromatic N) is 2. The Morgan fingerprint density at radius 1 is 1.15 bits per heavy atom. The van der Waals surface area contributed by atoms with Crippen molar-refractivity contribution in [3.05, 3.63) is 89.5 Å². The zero-order chi connectivity index (χ0) is 28.7. The fourth-order valence-electron chi connectivity index (χ4n) is 4.58. The number of aryl methyl sites for hydroxylation is 1. The summed E-state index contributed by atoms with van der Waals surface area (Å²) in [5.74, 6) is -0.330. The minimum atomic E-state index is -3.01. The van der Waals surface area contributed by atoms with Crippen molar-refractivity contribution in [1.29, 1.82) is 0 Å². The third-order valence-corrected chi connectivity index (χ3v) is 6.69. The van der Waals surface area contributed by atoms with Crippen LogP contribution in [0.2, 0.25) is 0 Å². The van der Waals surface area contributed by atoms with Crippen LogP contribution < -0.4 is 20.5 Å². The number of anilines is 2. The van der Waals surface area contributed by atoms with Crippen molar-refractivity contribution in [2.24, 2.45) is 0 Å². The van der Waals surface area contributed by atoms with Crippen molar-refractivity contribution >= 4 is 28.2 Å². The fourth-order valence-corrected chi connectivity index (χ4v) is 4.58. The zero-order valence-electron chi connectivity index (χ0n) is 21.7. The lowest BCUT2D eigenvalue weighted by Gasteiger charge is -2.28. The average molecular weight is 564 g/mol. The number of ether oxygens (including phenoxy) is 3. The summed E-state index contributed by atoms with van der Waals surface area (Å²) in [5, 5.41) is 7.94. The first-order valence-corrected chi connectivity index (χ1v) is 12.6. The second-order valence-corrected chi connectivity index (χ2v) is 9.54. The number of carbonyl (C=O) groups is 1. The number of nitrogen functional groups attached to an aromatic ring is 1. The van der Waals surface area contributed by atoms with E-state index in [9.17, 15) is 18.0 Å². The van der Waals surface area contributed by atoms with Crippen molar-refractivity contribution in [1.82, 2.24) is 14.8 Å². The molecule has 5 aromatic rings. The molecule has 6 rings (SSSR count). The number of nitrogens with two attached hydrogens (primary N) is 1. The summed E-state index contributed by atoms with van der Waals surface area (Å²) < 4.78 is 57.0. The van der Waals surface area contributed by atoms with Crippen LogP contribution in [0.15, 0.2) is 66.9 Å². The van der Waals surface area contributed by atoms with Gasteiger partial charge in [0.2, 0.25) is 5.78 Å². The van der Waals surface area contributed by atoms with Gasteiger partial charge < -0.3 is 30.2 Å². The van der Waals surface area contributed by atoms with Crippen LogP contribution in [0.1, 0.15) is 21.6 Å². The number of rotatable bonds is 9. The predicted octanol–water partition coefficient (Wildman–Crippen LogP) is 5.82. The van der Waals surface area contributed by atoms with Gasteiger partial charge in [-0.15, -0.1) is 0 Å². The molecule has 3 heterocycles. The number of aromatic nitrogens is 3. The molecule has 3 aromatic carbocycles. The number of para-hydroxylation sites is 1. The highest BCUT2D eigenvalue weighted by Gasteiger charge is 2.24. The third kappa shape index (κ3) is 5.16. The van der Waals surface area contributed by atoms with Crippen molar-refractivity contribution in [3.63, 3.8) is 0 Å². The summed E-state index contributed by atoms with van der Waals surface area (Å²) in [4.78, 5) is 16.5. The molecule has 1 aliphatic rings. The van der Waals surface area contributed by atoms with Gasteiger partial charge in [0.1, 0.15) is 17.3 Å². The summed E-state index contributed by atoms with van der Waals surface area (Å²) in [7, 11) is 0. The normalized spacial score (nSPS) is 13.4. The van der Waals surface area contributed by atoms with Gasteiger partial charge in [-0.2, -0.15) is 13.9 Å². The van der Waals surface area contributed by atoms with Crippen molar-refractivity contribution in [2.75, 3.05) is 24.3 Å². The fraction of sp³-hybridized carbons (Fsp3) is 0.172. The van der Waals surface area contributed by atoms with Gasteiger partial charge in [0.25, 0.3) is 0 Å². The second-order valence-electron chi connectivity index (χ2n) is 9.54. The number of benzene rings is 3. The predicted molar refractivity (Wildman–Crippen MR) is 146 cm³/mol. The van der Waals surface area contributed by atoms with Crippen molar-refractivity contribution in [3.8, 4) is 22.9 Å². The Morgan fingerprint density at radius 3 is 2.66 bits per heavy atom. The molecule has 1 saturated heterocycles. The van der Waals surface area contributed by atoms with Crippen LogP contribution >= 0.6 is 0 Å². The number of ketones is 1. The number of carbonyl (C=O) groups excluding carboxylic acids is 1. The molecule has 0 atom stereocenters. The van der Waals surface area contributed by atoms with Gasteiger partial charge in [0.05, 0.1) is 48.1 Å². The maximum atomic E-state index is 14.0. The number of nitrogens with one attached hydrogen (secondary N) is 2. The number of fused-ring (bicyclic) bond motifs is 1. The molecule has 0 unspecified atom stereocenters. The first-order valence-electron chi connectivity index (χ1n) is 12.6. The number of alkyl halides is 2. The Balaban J connectivity index is 1.27. The van der Waals surface area contributed by atoms with Crippen LogP contribution in [0.4, 0.5) is 24.7 Å². The maximum absolute atomic E-state index is 14.0. The Labute approximate surface area is 231 Å². The van der Waals surface area contributed by atoms with Gasteiger partial charge >= 0.3 is 6.61 Å². The molecule has 9 nitrogen and oxygen atoms in total. The average Bonchev–Trinajstić information content (AvgIpc) is 3.50. The van der Waals surface area contributed by atoms with Crippen LogP contribution in [0.5, 0.6) is 17.2 Å². The highest BCUT2D eigenvalue weighted by molar-refractivity contribution is 6.12. The smallest absolute Gasteiger partial charge is 0.387 e. The Bertz CT molecular complexity index is 1760. The second kappa shape index (κ2) is 10.5. The van der Waals surface area contributed by atoms with Crippen LogP contribution in [0.3, 0.4) is 0 Å². The summed E-state index contributed by atoms with van der Waals surface area (Å²) in [5.41, 5.74) is 8.93. The van der Waals surface area contributed by atoms with E-state index in [-0.39, 0.29) is 34.6 Å². The van der Waals surface area contributed by atoms with Gasteiger partial charge in [-0.3, -0.25) is 4.79 Å². The zero-order valence-corrected chi connectivity index (χ0v) is 21.7. The van der Waals surface area contributed by atoms with Crippen LogP contribution in [0, 0.1) is 12.7 Å². The highest BCUT2D eigenvalue weighted by atomic mass is 19.3. The molecule has 4 N–H and O–H groups in total. The summed E-state index contributed by atoms with van der Waals surface area (Å²) in [6.07, 6.45) is 1.36. The first-order chi connectivity index (χ1) is 19.8. The lowest BCUT2D eigenvalue weighted by molar-refractivity contribution is -0.0494. The maximum Gasteiger partial charge on any atom is 0.387 e. The SMILES string of the molecule is Cc1cc(Oc2ccccc2F)ccc1-n1ncc(C(=O)c2cc3cc(OC(F)F)c(NC4COC4)cc3[nH]2)c1N. The number of aromatic amines is 1. The molecule has 12 heteroatoms. The number of hydrogen-bond acceptors (Lipinski definition) is 7. The molecule has 1 aliphatic heterocycles. The summed E-state index contributed by atoms with van der Waals surface area (Å²) in [6.45, 7) is -0.306. The van der Waals surface area contributed by atoms with E-state index < -0.39 is 18.2 Å². The molecule has 0 aliphatic carbocycles. The molecule has 0 amide bonds. The Hall–Kier alpha value is -4.97. The topological polar surface area (TPSA) is 116 Å². The molecular weight excluding hydrogens is 539 g/mol. The van der Waals surface area contributed by atoms with E-state index in [0.29, 0.717) is 41.2 Å². The lowest BCUT2D eigenvalue weighted by Crippen LogP contribution is -2.40. The monoisotopic (exact) mass is 563 g/mol. The highest BCUT2D eigenvalue weighted by Crippen LogP contribution is 2.34. The van der Waals surface area contributed by atoms with E-state index in [1.807, 2.05) is 6.92 Å². The van der Waals surface area contributed by atoms with Crippen LogP contribution in [-0.2, 0) is 4.74 Å². The molecule has 1 fully saturated rings. The van der Waals surface area contributed by atoms with E-state index in [0.717, 1.165) is 5.56 Å². The number of hydrogen-bond donors (Lipinski definition) is 3. The van der Waals surface area contributed by atoms with Crippen LogP contribution in [0.25, 0.3) is 16.6 Å². The molecule has 210 valence electrons. The Morgan fingerprint density at radius 2 is 1.95 bits per heavy atom. The minimum Gasteiger partial charge on any atom is -0.454 e. The van der Waals surface area contributed by atoms with Crippen molar-refractivity contribution in [2.45, 2.75) is 19.6 Å². The molecule has 0 bridgehead atoms. The van der Waals surface area contributed by atoms with E-state index in [1.165, 1.54) is 29.1 Å². The Kier molecular flexibility index (Phi) is 6.75. The molecular formula is C29H24F3N5O4. The number of H-pyrrole nitrogens is 1. The molecule has 0 radical (unpaired) electrons.